The summed E-state index contributed by atoms with van der Waals surface area (Å²) in [6.45, 7) is 3.01. The fourth-order valence-corrected chi connectivity index (χ4v) is 2.79. The van der Waals surface area contributed by atoms with Crippen molar-refractivity contribution in [3.63, 3.8) is 0 Å². The van der Waals surface area contributed by atoms with Crippen LogP contribution < -0.4 is 11.1 Å². The van der Waals surface area contributed by atoms with Gasteiger partial charge in [-0.3, -0.25) is 10.1 Å². The third kappa shape index (κ3) is 2.61. The minimum absolute atomic E-state index is 0.342. The molecular weight excluding hydrogens is 254 g/mol. The normalized spacial score (nSPS) is 20.2. The van der Waals surface area contributed by atoms with Crippen LogP contribution in [0.25, 0.3) is 10.4 Å². The highest BCUT2D eigenvalue weighted by molar-refractivity contribution is 5.87. The zero-order valence-corrected chi connectivity index (χ0v) is 11.6. The van der Waals surface area contributed by atoms with E-state index in [9.17, 15) is 4.79 Å². The molecule has 0 aromatic heterocycles. The number of fused-ring (bicyclic) bond motifs is 1. The maximum absolute atomic E-state index is 12.0. The third-order valence-corrected chi connectivity index (χ3v) is 3.84. The van der Waals surface area contributed by atoms with E-state index in [2.05, 4.69) is 27.5 Å². The number of nitrogens with zero attached hydrogens (tertiary/aromatic N) is 3. The molecule has 0 spiro atoms. The zero-order chi connectivity index (χ0) is 14.6. The van der Waals surface area contributed by atoms with Gasteiger partial charge in [-0.1, -0.05) is 28.9 Å². The van der Waals surface area contributed by atoms with Gasteiger partial charge < -0.3 is 5.73 Å². The van der Waals surface area contributed by atoms with E-state index in [-0.39, 0.29) is 5.91 Å². The molecule has 0 fully saturated rings. The average molecular weight is 273 g/mol. The summed E-state index contributed by atoms with van der Waals surface area (Å²) in [6.07, 6.45) is 2.21. The Bertz CT molecular complexity index is 565. The number of azide groups is 1. The molecule has 0 aliphatic heterocycles. The Morgan fingerprint density at radius 1 is 1.60 bits per heavy atom. The molecule has 2 rings (SSSR count). The molecule has 1 amide bonds. The third-order valence-electron chi connectivity index (χ3n) is 3.84. The molecular formula is C14H19N5O. The van der Waals surface area contributed by atoms with E-state index in [1.165, 1.54) is 5.56 Å². The van der Waals surface area contributed by atoms with Crippen LogP contribution in [0.1, 0.15) is 29.5 Å². The van der Waals surface area contributed by atoms with E-state index in [0.717, 1.165) is 17.5 Å². The van der Waals surface area contributed by atoms with Crippen molar-refractivity contribution in [1.29, 1.82) is 0 Å². The van der Waals surface area contributed by atoms with E-state index in [1.54, 1.807) is 0 Å². The summed E-state index contributed by atoms with van der Waals surface area (Å²) in [5, 5.41) is 6.77. The summed E-state index contributed by atoms with van der Waals surface area (Å²) >= 11 is 0. The molecule has 6 heteroatoms. The topological polar surface area (TPSA) is 104 Å². The van der Waals surface area contributed by atoms with Crippen LogP contribution in [0.15, 0.2) is 23.3 Å². The molecule has 0 heterocycles. The second-order valence-electron chi connectivity index (χ2n) is 5.16. The maximum Gasteiger partial charge on any atom is 0.242 e. The Morgan fingerprint density at radius 3 is 3.10 bits per heavy atom. The number of hydrogen-bond acceptors (Lipinski definition) is 3. The van der Waals surface area contributed by atoms with Gasteiger partial charge in [0.2, 0.25) is 5.91 Å². The summed E-state index contributed by atoms with van der Waals surface area (Å²) in [5.74, 6) is -0.342. The summed E-state index contributed by atoms with van der Waals surface area (Å²) < 4.78 is 0. The predicted molar refractivity (Wildman–Crippen MR) is 77.0 cm³/mol. The van der Waals surface area contributed by atoms with Gasteiger partial charge in [-0.15, -0.1) is 0 Å². The van der Waals surface area contributed by atoms with Crippen molar-refractivity contribution in [2.24, 2.45) is 10.8 Å². The van der Waals surface area contributed by atoms with Gasteiger partial charge in [0.15, 0.2) is 0 Å². The van der Waals surface area contributed by atoms with Crippen molar-refractivity contribution in [2.45, 2.75) is 31.7 Å². The summed E-state index contributed by atoms with van der Waals surface area (Å²) in [5.41, 5.74) is 16.4. The smallest absolute Gasteiger partial charge is 0.242 e. The van der Waals surface area contributed by atoms with Gasteiger partial charge in [-0.2, -0.15) is 0 Å². The van der Waals surface area contributed by atoms with Gasteiger partial charge in [-0.25, -0.2) is 0 Å². The summed E-state index contributed by atoms with van der Waals surface area (Å²) in [7, 11) is 0. The SMILES string of the molecule is Cc1ccc2c(c1)C(NCCCN=[N+]=[N-])(C(N)=O)CC2. The number of nitrogens with one attached hydrogen (secondary N) is 1. The van der Waals surface area contributed by atoms with Crippen molar-refractivity contribution < 1.29 is 4.79 Å². The standard InChI is InChI=1S/C14H19N5O/c1-10-3-4-11-5-6-14(13(15)20,12(11)9-10)17-7-2-8-18-19-16/h3-4,9,17H,2,5-8H2,1H3,(H2,15,20). The average Bonchev–Trinajstić information content (AvgIpc) is 2.78. The molecule has 0 saturated carbocycles. The van der Waals surface area contributed by atoms with E-state index in [0.29, 0.717) is 25.9 Å². The number of carbonyl (C=O) groups excluding carboxylic acids is 1. The molecule has 0 bridgehead atoms. The van der Waals surface area contributed by atoms with Crippen LogP contribution in [0.2, 0.25) is 0 Å². The van der Waals surface area contributed by atoms with Gasteiger partial charge in [0, 0.05) is 11.5 Å². The quantitative estimate of drug-likeness (QED) is 0.358. The molecule has 0 radical (unpaired) electrons. The lowest BCUT2D eigenvalue weighted by Gasteiger charge is -2.28. The Kier molecular flexibility index (Phi) is 4.27. The molecule has 1 aromatic rings. The number of primary amides is 1. The maximum atomic E-state index is 12.0. The second-order valence-corrected chi connectivity index (χ2v) is 5.16. The minimum atomic E-state index is -0.780. The van der Waals surface area contributed by atoms with E-state index >= 15 is 0 Å². The van der Waals surface area contributed by atoms with Crippen LogP contribution in [-0.4, -0.2) is 19.0 Å². The minimum Gasteiger partial charge on any atom is -0.368 e. The Morgan fingerprint density at radius 2 is 2.40 bits per heavy atom. The number of nitrogens with two attached hydrogens (primary N) is 1. The first-order chi connectivity index (χ1) is 9.60. The van der Waals surface area contributed by atoms with Crippen molar-refractivity contribution in [3.05, 3.63) is 45.3 Å². The fourth-order valence-electron chi connectivity index (χ4n) is 2.79. The number of benzene rings is 1. The number of aryl methyl sites for hydroxylation is 2. The van der Waals surface area contributed by atoms with Gasteiger partial charge >= 0.3 is 0 Å². The molecule has 20 heavy (non-hydrogen) atoms. The summed E-state index contributed by atoms with van der Waals surface area (Å²) in [6, 6.07) is 6.15. The van der Waals surface area contributed by atoms with Crippen molar-refractivity contribution in [2.75, 3.05) is 13.1 Å². The fraction of sp³-hybridized carbons (Fsp3) is 0.500. The molecule has 1 aliphatic carbocycles. The van der Waals surface area contributed by atoms with Crippen molar-refractivity contribution in [3.8, 4) is 0 Å². The van der Waals surface area contributed by atoms with E-state index in [1.807, 2.05) is 13.0 Å². The number of rotatable bonds is 6. The lowest BCUT2D eigenvalue weighted by atomic mass is 9.90. The van der Waals surface area contributed by atoms with Crippen molar-refractivity contribution >= 4 is 5.91 Å². The largest absolute Gasteiger partial charge is 0.368 e. The Labute approximate surface area is 118 Å². The lowest BCUT2D eigenvalue weighted by molar-refractivity contribution is -0.124. The van der Waals surface area contributed by atoms with Crippen molar-refractivity contribution in [1.82, 2.24) is 5.32 Å². The molecule has 1 unspecified atom stereocenters. The Balaban J connectivity index is 2.19. The van der Waals surface area contributed by atoms with Gasteiger partial charge in [0.25, 0.3) is 0 Å². The van der Waals surface area contributed by atoms with Crippen LogP contribution >= 0.6 is 0 Å². The van der Waals surface area contributed by atoms with Crippen LogP contribution in [0.4, 0.5) is 0 Å². The number of amides is 1. The first kappa shape index (κ1) is 14.4. The highest BCUT2D eigenvalue weighted by Gasteiger charge is 2.43. The van der Waals surface area contributed by atoms with Crippen LogP contribution in [-0.2, 0) is 16.8 Å². The number of hydrogen-bond donors (Lipinski definition) is 2. The zero-order valence-electron chi connectivity index (χ0n) is 11.6. The summed E-state index contributed by atoms with van der Waals surface area (Å²) in [4.78, 5) is 14.7. The van der Waals surface area contributed by atoms with E-state index < -0.39 is 5.54 Å². The molecule has 1 aromatic carbocycles. The van der Waals surface area contributed by atoms with Gasteiger partial charge in [-0.05, 0) is 49.4 Å². The molecule has 6 nitrogen and oxygen atoms in total. The second kappa shape index (κ2) is 5.94. The highest BCUT2D eigenvalue weighted by Crippen LogP contribution is 2.37. The van der Waals surface area contributed by atoms with Gasteiger partial charge in [0.1, 0.15) is 5.54 Å². The van der Waals surface area contributed by atoms with Crippen LogP contribution in [0.5, 0.6) is 0 Å². The molecule has 0 saturated heterocycles. The highest BCUT2D eigenvalue weighted by atomic mass is 16.1. The number of carbonyl (C=O) groups is 1. The lowest BCUT2D eigenvalue weighted by Crippen LogP contribution is -2.51. The van der Waals surface area contributed by atoms with Gasteiger partial charge in [0.05, 0.1) is 0 Å². The first-order valence-corrected chi connectivity index (χ1v) is 6.76. The van der Waals surface area contributed by atoms with Crippen LogP contribution in [0, 0.1) is 6.92 Å². The monoisotopic (exact) mass is 273 g/mol. The van der Waals surface area contributed by atoms with Crippen LogP contribution in [0.3, 0.4) is 0 Å². The molecule has 106 valence electrons. The molecule has 1 atom stereocenters. The first-order valence-electron chi connectivity index (χ1n) is 6.76. The van der Waals surface area contributed by atoms with E-state index in [4.69, 9.17) is 11.3 Å². The molecule has 1 aliphatic rings. The Hall–Kier alpha value is -2.04. The predicted octanol–water partition coefficient (Wildman–Crippen LogP) is 1.91. The molecule has 3 N–H and O–H groups in total.